The fraction of sp³-hybridized carbons (Fsp3) is 0.600. The molecule has 1 aliphatic heterocycles. The Morgan fingerprint density at radius 2 is 2.00 bits per heavy atom. The van der Waals surface area contributed by atoms with Crippen LogP contribution >= 0.6 is 0 Å². The number of benzene rings is 1. The summed E-state index contributed by atoms with van der Waals surface area (Å²) in [6, 6.07) is 3.12. The van der Waals surface area contributed by atoms with Crippen molar-refractivity contribution in [2.75, 3.05) is 24.5 Å². The standard InChI is InChI=1S/C15H19F5N2/c1-10(7-15(18,19)20)21-8-11-4-5-22(9-11)12-2-3-13(16)14(17)6-12/h2-3,6,10-11,21H,4-5,7-9H2,1H3/t10-,11+/m1/s1. The van der Waals surface area contributed by atoms with Gasteiger partial charge in [-0.15, -0.1) is 0 Å². The highest BCUT2D eigenvalue weighted by molar-refractivity contribution is 5.47. The zero-order valence-electron chi connectivity index (χ0n) is 12.3. The summed E-state index contributed by atoms with van der Waals surface area (Å²) in [5.41, 5.74) is 0.602. The third kappa shape index (κ3) is 4.83. The average molecular weight is 322 g/mol. The minimum atomic E-state index is -4.17. The molecule has 0 aromatic heterocycles. The van der Waals surface area contributed by atoms with E-state index < -0.39 is 30.3 Å². The zero-order chi connectivity index (χ0) is 16.3. The van der Waals surface area contributed by atoms with Gasteiger partial charge in [0.15, 0.2) is 11.6 Å². The molecule has 0 bridgehead atoms. The second kappa shape index (κ2) is 6.81. The van der Waals surface area contributed by atoms with Crippen molar-refractivity contribution in [2.24, 2.45) is 5.92 Å². The van der Waals surface area contributed by atoms with Gasteiger partial charge in [-0.3, -0.25) is 0 Å². The Bertz CT molecular complexity index is 503. The molecule has 1 saturated heterocycles. The van der Waals surface area contributed by atoms with Gasteiger partial charge in [0, 0.05) is 30.9 Å². The molecule has 1 fully saturated rings. The van der Waals surface area contributed by atoms with Gasteiger partial charge in [-0.2, -0.15) is 13.2 Å². The Morgan fingerprint density at radius 3 is 2.64 bits per heavy atom. The first kappa shape index (κ1) is 17.0. The van der Waals surface area contributed by atoms with Gasteiger partial charge in [0.1, 0.15) is 0 Å². The average Bonchev–Trinajstić information content (AvgIpc) is 2.86. The molecule has 7 heteroatoms. The van der Waals surface area contributed by atoms with Gasteiger partial charge in [0.25, 0.3) is 0 Å². The Labute approximate surface area is 126 Å². The van der Waals surface area contributed by atoms with Gasteiger partial charge in [-0.1, -0.05) is 0 Å². The first-order chi connectivity index (χ1) is 10.2. The van der Waals surface area contributed by atoms with Gasteiger partial charge < -0.3 is 10.2 Å². The largest absolute Gasteiger partial charge is 0.390 e. The highest BCUT2D eigenvalue weighted by Gasteiger charge is 2.30. The lowest BCUT2D eigenvalue weighted by Gasteiger charge is -2.20. The van der Waals surface area contributed by atoms with E-state index in [-0.39, 0.29) is 5.92 Å². The summed E-state index contributed by atoms with van der Waals surface area (Å²) in [6.07, 6.45) is -4.21. The van der Waals surface area contributed by atoms with Gasteiger partial charge in [0.05, 0.1) is 6.42 Å². The summed E-state index contributed by atoms with van der Waals surface area (Å²) < 4.78 is 62.9. The monoisotopic (exact) mass is 322 g/mol. The van der Waals surface area contributed by atoms with E-state index in [4.69, 9.17) is 0 Å². The Morgan fingerprint density at radius 1 is 1.27 bits per heavy atom. The van der Waals surface area contributed by atoms with Gasteiger partial charge in [0.2, 0.25) is 0 Å². The lowest BCUT2D eigenvalue weighted by molar-refractivity contribution is -0.139. The second-order valence-electron chi connectivity index (χ2n) is 5.83. The quantitative estimate of drug-likeness (QED) is 0.831. The van der Waals surface area contributed by atoms with Crippen LogP contribution in [0.2, 0.25) is 0 Å². The topological polar surface area (TPSA) is 15.3 Å². The highest BCUT2D eigenvalue weighted by atomic mass is 19.4. The normalized spacial score (nSPS) is 20.5. The summed E-state index contributed by atoms with van der Waals surface area (Å²) in [4.78, 5) is 1.92. The predicted octanol–water partition coefficient (Wildman–Crippen LogP) is 3.72. The lowest BCUT2D eigenvalue weighted by Crippen LogP contribution is -2.35. The number of hydrogen-bond donors (Lipinski definition) is 1. The van der Waals surface area contributed by atoms with Crippen LogP contribution in [0.15, 0.2) is 18.2 Å². The van der Waals surface area contributed by atoms with Crippen molar-refractivity contribution in [3.63, 3.8) is 0 Å². The van der Waals surface area contributed by atoms with Crippen LogP contribution in [0.4, 0.5) is 27.6 Å². The van der Waals surface area contributed by atoms with Crippen LogP contribution in [-0.4, -0.2) is 31.9 Å². The van der Waals surface area contributed by atoms with E-state index in [2.05, 4.69) is 5.32 Å². The Kier molecular flexibility index (Phi) is 5.26. The van der Waals surface area contributed by atoms with Gasteiger partial charge in [-0.05, 0) is 37.9 Å². The summed E-state index contributed by atoms with van der Waals surface area (Å²) >= 11 is 0. The first-order valence-corrected chi connectivity index (χ1v) is 7.25. The van der Waals surface area contributed by atoms with E-state index in [0.717, 1.165) is 18.6 Å². The first-order valence-electron chi connectivity index (χ1n) is 7.25. The highest BCUT2D eigenvalue weighted by Crippen LogP contribution is 2.26. The third-order valence-corrected chi connectivity index (χ3v) is 3.85. The third-order valence-electron chi connectivity index (χ3n) is 3.85. The molecule has 1 aliphatic rings. The van der Waals surface area contributed by atoms with Crippen LogP contribution in [0.1, 0.15) is 19.8 Å². The molecule has 1 heterocycles. The molecule has 0 unspecified atom stereocenters. The van der Waals surface area contributed by atoms with Gasteiger partial charge in [-0.25, -0.2) is 8.78 Å². The Hall–Kier alpha value is -1.37. The van der Waals surface area contributed by atoms with Crippen LogP contribution < -0.4 is 10.2 Å². The van der Waals surface area contributed by atoms with Crippen molar-refractivity contribution in [2.45, 2.75) is 32.0 Å². The number of nitrogens with zero attached hydrogens (tertiary/aromatic N) is 1. The Balaban J connectivity index is 1.81. The van der Waals surface area contributed by atoms with Crippen molar-refractivity contribution in [1.29, 1.82) is 0 Å². The van der Waals surface area contributed by atoms with Crippen molar-refractivity contribution in [3.8, 4) is 0 Å². The molecule has 1 aromatic carbocycles. The maximum atomic E-state index is 13.2. The van der Waals surface area contributed by atoms with Crippen LogP contribution in [0.3, 0.4) is 0 Å². The molecule has 2 nitrogen and oxygen atoms in total. The summed E-state index contributed by atoms with van der Waals surface area (Å²) in [5, 5.41) is 2.89. The number of anilines is 1. The van der Waals surface area contributed by atoms with Crippen LogP contribution in [0, 0.1) is 17.6 Å². The van der Waals surface area contributed by atoms with E-state index in [1.54, 1.807) is 0 Å². The van der Waals surface area contributed by atoms with Crippen LogP contribution in [-0.2, 0) is 0 Å². The minimum Gasteiger partial charge on any atom is -0.371 e. The van der Waals surface area contributed by atoms with Crippen LogP contribution in [0.5, 0.6) is 0 Å². The summed E-state index contributed by atoms with van der Waals surface area (Å²) in [6.45, 7) is 3.30. The van der Waals surface area contributed by atoms with Crippen molar-refractivity contribution >= 4 is 5.69 Å². The fourth-order valence-corrected chi connectivity index (χ4v) is 2.70. The SMILES string of the molecule is C[C@H](CC(F)(F)F)NC[C@@H]1CCN(c2ccc(F)c(F)c2)C1. The molecule has 1 aromatic rings. The summed E-state index contributed by atoms with van der Waals surface area (Å²) in [5.74, 6) is -1.58. The number of nitrogens with one attached hydrogen (secondary N) is 1. The second-order valence-corrected chi connectivity index (χ2v) is 5.83. The smallest absolute Gasteiger partial charge is 0.371 e. The van der Waals surface area contributed by atoms with E-state index in [1.807, 2.05) is 4.90 Å². The molecular formula is C15H19F5N2. The number of hydrogen-bond acceptors (Lipinski definition) is 2. The zero-order valence-corrected chi connectivity index (χ0v) is 12.3. The fourth-order valence-electron chi connectivity index (χ4n) is 2.70. The number of halogens is 5. The van der Waals surface area contributed by atoms with E-state index in [9.17, 15) is 22.0 Å². The predicted molar refractivity (Wildman–Crippen MR) is 74.8 cm³/mol. The van der Waals surface area contributed by atoms with E-state index in [0.29, 0.717) is 25.3 Å². The molecule has 0 saturated carbocycles. The maximum absolute atomic E-state index is 13.2. The lowest BCUT2D eigenvalue weighted by atomic mass is 10.1. The molecule has 0 amide bonds. The molecule has 124 valence electrons. The minimum absolute atomic E-state index is 0.198. The van der Waals surface area contributed by atoms with E-state index in [1.165, 1.54) is 13.0 Å². The van der Waals surface area contributed by atoms with Crippen molar-refractivity contribution in [3.05, 3.63) is 29.8 Å². The van der Waals surface area contributed by atoms with Crippen molar-refractivity contribution in [1.82, 2.24) is 5.32 Å². The van der Waals surface area contributed by atoms with E-state index >= 15 is 0 Å². The molecule has 0 spiro atoms. The molecular weight excluding hydrogens is 303 g/mol. The molecule has 0 aliphatic carbocycles. The number of alkyl halides is 3. The molecule has 2 atom stereocenters. The molecule has 2 rings (SSSR count). The number of rotatable bonds is 5. The van der Waals surface area contributed by atoms with Gasteiger partial charge >= 0.3 is 6.18 Å². The summed E-state index contributed by atoms with van der Waals surface area (Å²) in [7, 11) is 0. The molecule has 1 N–H and O–H groups in total. The van der Waals surface area contributed by atoms with Crippen LogP contribution in [0.25, 0.3) is 0 Å². The maximum Gasteiger partial charge on any atom is 0.390 e. The molecule has 22 heavy (non-hydrogen) atoms. The molecule has 0 radical (unpaired) electrons. The van der Waals surface area contributed by atoms with Crippen molar-refractivity contribution < 1.29 is 22.0 Å².